The Morgan fingerprint density at radius 1 is 0.952 bits per heavy atom. The molecule has 0 saturated carbocycles. The number of hydrogen-bond donors (Lipinski definition) is 2. The number of anilines is 1. The molecule has 0 atom stereocenters. The standard InChI is InChI=1S/C19H16Cl2N2O4.C11H18N4/c1-8-9(2)23-18-11(19(24)25)6-5-10(17(18)22-8)14-15(20)12(26-3)7-13(27-4)16(14)21;1-14-4-6-15(7-5-14)9-10-2-3-11(12)13-8-10/h5-7H,1-4H3,(H,24,25);2-3,8H,4-7,9H2,1H3,(H2,12,13). The molecule has 3 N–H and O–H groups in total. The highest BCUT2D eigenvalue weighted by atomic mass is 35.5. The summed E-state index contributed by atoms with van der Waals surface area (Å²) in [6, 6.07) is 8.58. The van der Waals surface area contributed by atoms with Gasteiger partial charge in [0.1, 0.15) is 22.8 Å². The summed E-state index contributed by atoms with van der Waals surface area (Å²) in [5, 5.41) is 10.1. The number of benzene rings is 2. The van der Waals surface area contributed by atoms with Gasteiger partial charge in [0.05, 0.1) is 46.7 Å². The van der Waals surface area contributed by atoms with Crippen molar-refractivity contribution in [1.29, 1.82) is 0 Å². The van der Waals surface area contributed by atoms with Gasteiger partial charge in [-0.25, -0.2) is 19.7 Å². The van der Waals surface area contributed by atoms with Crippen molar-refractivity contribution in [2.75, 3.05) is 53.2 Å². The molecule has 0 radical (unpaired) electrons. The van der Waals surface area contributed by atoms with Gasteiger partial charge in [-0.2, -0.15) is 0 Å². The quantitative estimate of drug-likeness (QED) is 0.294. The Bertz CT molecular complexity index is 1560. The van der Waals surface area contributed by atoms with E-state index in [9.17, 15) is 9.90 Å². The summed E-state index contributed by atoms with van der Waals surface area (Å²) in [7, 11) is 5.14. The lowest BCUT2D eigenvalue weighted by molar-refractivity contribution is 0.0698. The van der Waals surface area contributed by atoms with E-state index < -0.39 is 5.97 Å². The lowest BCUT2D eigenvalue weighted by Crippen LogP contribution is -2.43. The van der Waals surface area contributed by atoms with Crippen LogP contribution in [0.1, 0.15) is 27.3 Å². The minimum atomic E-state index is -1.09. The molecule has 1 fully saturated rings. The first-order valence-electron chi connectivity index (χ1n) is 13.3. The second-order valence-electron chi connectivity index (χ2n) is 10.0. The fourth-order valence-electron chi connectivity index (χ4n) is 4.59. The third kappa shape index (κ3) is 6.84. The number of ether oxygens (including phenoxy) is 2. The fraction of sp³-hybridized carbons (Fsp3) is 0.333. The molecule has 0 spiro atoms. The lowest BCUT2D eigenvalue weighted by Gasteiger charge is -2.32. The smallest absolute Gasteiger partial charge is 0.337 e. The van der Waals surface area contributed by atoms with E-state index in [-0.39, 0.29) is 21.1 Å². The van der Waals surface area contributed by atoms with E-state index in [1.165, 1.54) is 25.8 Å². The second-order valence-corrected chi connectivity index (χ2v) is 10.8. The van der Waals surface area contributed by atoms with Crippen LogP contribution in [-0.2, 0) is 6.54 Å². The normalized spacial score (nSPS) is 13.9. The molecule has 0 aliphatic carbocycles. The van der Waals surface area contributed by atoms with Crippen molar-refractivity contribution < 1.29 is 19.4 Å². The zero-order valence-electron chi connectivity index (χ0n) is 24.2. The number of fused-ring (bicyclic) bond motifs is 1. The van der Waals surface area contributed by atoms with Crippen molar-refractivity contribution in [3.63, 3.8) is 0 Å². The number of pyridine rings is 1. The number of halogens is 2. The Kier molecular flexibility index (Phi) is 10.1. The van der Waals surface area contributed by atoms with E-state index in [0.717, 1.165) is 32.7 Å². The van der Waals surface area contributed by atoms with E-state index >= 15 is 0 Å². The van der Waals surface area contributed by atoms with Gasteiger partial charge in [-0.05, 0) is 38.6 Å². The molecule has 12 heteroatoms. The van der Waals surface area contributed by atoms with Gasteiger partial charge < -0.3 is 25.2 Å². The molecule has 4 aromatic rings. The Labute approximate surface area is 255 Å². The first kappa shape index (κ1) is 31.2. The topological polar surface area (TPSA) is 127 Å². The predicted octanol–water partition coefficient (Wildman–Crippen LogP) is 5.35. The van der Waals surface area contributed by atoms with Crippen LogP contribution in [0, 0.1) is 13.8 Å². The number of carboxylic acid groups (broad SMARTS) is 1. The molecule has 2 aromatic carbocycles. The minimum Gasteiger partial charge on any atom is -0.495 e. The van der Waals surface area contributed by atoms with Gasteiger partial charge in [-0.3, -0.25) is 4.90 Å². The van der Waals surface area contributed by atoms with Gasteiger partial charge >= 0.3 is 5.97 Å². The van der Waals surface area contributed by atoms with Crippen LogP contribution in [0.4, 0.5) is 5.82 Å². The molecular formula is C30H34Cl2N6O4. The number of likely N-dealkylation sites (N-methyl/N-ethyl adjacent to an activating group) is 1. The molecule has 0 amide bonds. The predicted molar refractivity (Wildman–Crippen MR) is 166 cm³/mol. The van der Waals surface area contributed by atoms with Gasteiger partial charge in [0.25, 0.3) is 0 Å². The van der Waals surface area contributed by atoms with Crippen LogP contribution in [-0.4, -0.2) is 83.3 Å². The third-order valence-electron chi connectivity index (χ3n) is 7.16. The van der Waals surface area contributed by atoms with E-state index in [1.807, 2.05) is 12.3 Å². The van der Waals surface area contributed by atoms with Crippen LogP contribution in [0.25, 0.3) is 22.2 Å². The molecule has 3 heterocycles. The molecule has 10 nitrogen and oxygen atoms in total. The molecule has 42 heavy (non-hydrogen) atoms. The number of methoxy groups -OCH3 is 2. The van der Waals surface area contributed by atoms with E-state index in [0.29, 0.717) is 45.3 Å². The number of carboxylic acids is 1. The van der Waals surface area contributed by atoms with Crippen molar-refractivity contribution in [1.82, 2.24) is 24.8 Å². The highest BCUT2D eigenvalue weighted by molar-refractivity contribution is 6.41. The number of carbonyl (C=O) groups is 1. The maximum absolute atomic E-state index is 11.6. The summed E-state index contributed by atoms with van der Waals surface area (Å²) in [5.74, 6) is 0.252. The van der Waals surface area contributed by atoms with Crippen molar-refractivity contribution in [3.8, 4) is 22.6 Å². The Morgan fingerprint density at radius 2 is 1.55 bits per heavy atom. The molecule has 5 rings (SSSR count). The number of hydrogen-bond acceptors (Lipinski definition) is 9. The van der Waals surface area contributed by atoms with Crippen LogP contribution < -0.4 is 15.2 Å². The molecule has 1 saturated heterocycles. The van der Waals surface area contributed by atoms with Crippen molar-refractivity contribution >= 4 is 46.0 Å². The molecule has 222 valence electrons. The molecule has 0 bridgehead atoms. The summed E-state index contributed by atoms with van der Waals surface area (Å²) >= 11 is 13.0. The molecule has 2 aromatic heterocycles. The number of nitrogens with two attached hydrogens (primary N) is 1. The van der Waals surface area contributed by atoms with Crippen LogP contribution in [0.5, 0.6) is 11.5 Å². The monoisotopic (exact) mass is 612 g/mol. The van der Waals surface area contributed by atoms with Crippen LogP contribution >= 0.6 is 23.2 Å². The van der Waals surface area contributed by atoms with Gasteiger partial charge in [-0.15, -0.1) is 0 Å². The van der Waals surface area contributed by atoms with E-state index in [1.54, 1.807) is 26.0 Å². The van der Waals surface area contributed by atoms with Gasteiger partial charge in [0, 0.05) is 56.1 Å². The molecule has 1 aliphatic rings. The summed E-state index contributed by atoms with van der Waals surface area (Å²) in [4.78, 5) is 29.5. The van der Waals surface area contributed by atoms with Crippen molar-refractivity contribution in [2.24, 2.45) is 0 Å². The Balaban J connectivity index is 0.000000227. The van der Waals surface area contributed by atoms with Gasteiger partial charge in [0.15, 0.2) is 0 Å². The summed E-state index contributed by atoms with van der Waals surface area (Å²) in [6.07, 6.45) is 1.87. The third-order valence-corrected chi connectivity index (χ3v) is 7.91. The Hall–Kier alpha value is -3.70. The number of piperazine rings is 1. The maximum Gasteiger partial charge on any atom is 0.337 e. The average Bonchev–Trinajstić information content (AvgIpc) is 2.96. The fourth-order valence-corrected chi connectivity index (χ4v) is 5.30. The lowest BCUT2D eigenvalue weighted by atomic mass is 9.99. The van der Waals surface area contributed by atoms with Crippen LogP contribution in [0.2, 0.25) is 10.0 Å². The number of nitrogens with zero attached hydrogens (tertiary/aromatic N) is 5. The highest BCUT2D eigenvalue weighted by Gasteiger charge is 2.23. The molecule has 1 aliphatic heterocycles. The van der Waals surface area contributed by atoms with E-state index in [4.69, 9.17) is 38.4 Å². The first-order valence-corrected chi connectivity index (χ1v) is 14.0. The van der Waals surface area contributed by atoms with Crippen molar-refractivity contribution in [2.45, 2.75) is 20.4 Å². The van der Waals surface area contributed by atoms with Gasteiger partial charge in [-0.1, -0.05) is 35.3 Å². The summed E-state index contributed by atoms with van der Waals surface area (Å²) < 4.78 is 10.6. The molecular weight excluding hydrogens is 579 g/mol. The first-order chi connectivity index (χ1) is 20.0. The zero-order valence-corrected chi connectivity index (χ0v) is 25.8. The highest BCUT2D eigenvalue weighted by Crippen LogP contribution is 2.47. The summed E-state index contributed by atoms with van der Waals surface area (Å²) in [6.45, 7) is 9.15. The number of nitrogen functional groups attached to an aromatic ring is 1. The largest absolute Gasteiger partial charge is 0.495 e. The van der Waals surface area contributed by atoms with Crippen LogP contribution in [0.15, 0.2) is 36.5 Å². The number of rotatable bonds is 6. The summed E-state index contributed by atoms with van der Waals surface area (Å²) in [5.41, 5.74) is 9.78. The van der Waals surface area contributed by atoms with E-state index in [2.05, 4.69) is 37.9 Å². The van der Waals surface area contributed by atoms with Crippen molar-refractivity contribution in [3.05, 3.63) is 69.1 Å². The number of aryl methyl sites for hydroxylation is 2. The van der Waals surface area contributed by atoms with Gasteiger partial charge in [0.2, 0.25) is 0 Å². The minimum absolute atomic E-state index is 0.0476. The Morgan fingerprint density at radius 3 is 2.07 bits per heavy atom. The second kappa shape index (κ2) is 13.5. The SMILES string of the molecule is CN1CCN(Cc2ccc(N)nc2)CC1.COc1cc(OC)c(Cl)c(-c2ccc(C(=O)O)c3nc(C)c(C)nc23)c1Cl. The molecule has 0 unspecified atom stereocenters. The van der Waals surface area contributed by atoms with Crippen LogP contribution in [0.3, 0.4) is 0 Å². The zero-order chi connectivity index (χ0) is 30.6. The number of aromatic nitrogens is 3. The number of aromatic carboxylic acids is 1. The maximum atomic E-state index is 11.6. The average molecular weight is 614 g/mol.